The number of rotatable bonds is 8. The van der Waals surface area contributed by atoms with E-state index in [2.05, 4.69) is 10.6 Å². The van der Waals surface area contributed by atoms with E-state index in [1.54, 1.807) is 0 Å². The fourth-order valence-electron chi connectivity index (χ4n) is 3.66. The molecule has 0 saturated heterocycles. The van der Waals surface area contributed by atoms with E-state index in [0.717, 1.165) is 52.9 Å². The van der Waals surface area contributed by atoms with Gasteiger partial charge in [-0.1, -0.05) is 24.3 Å². The van der Waals surface area contributed by atoms with Gasteiger partial charge in [-0.3, -0.25) is 9.59 Å². The molecule has 0 unspecified atom stereocenters. The van der Waals surface area contributed by atoms with Gasteiger partial charge in [-0.15, -0.1) is 0 Å². The summed E-state index contributed by atoms with van der Waals surface area (Å²) in [6.45, 7) is 4.89. The lowest BCUT2D eigenvalue weighted by atomic mass is 10.1. The number of benzene rings is 2. The number of nitrogens with one attached hydrogen (secondary N) is 2. The Morgan fingerprint density at radius 3 is 2.70 bits per heavy atom. The first-order valence-electron chi connectivity index (χ1n) is 10.6. The minimum Gasteiger partial charge on any atom is -0.356 e. The lowest BCUT2D eigenvalue weighted by Gasteiger charge is -2.13. The molecule has 1 aromatic heterocycles. The molecule has 30 heavy (non-hydrogen) atoms. The zero-order chi connectivity index (χ0) is 21.1. The number of imidazole rings is 1. The van der Waals surface area contributed by atoms with Gasteiger partial charge in [-0.05, 0) is 62.4 Å². The number of carbonyl (C=O) groups is 2. The van der Waals surface area contributed by atoms with Gasteiger partial charge in [0.15, 0.2) is 0 Å². The summed E-state index contributed by atoms with van der Waals surface area (Å²) < 4.78 is 1.98. The number of amides is 2. The lowest BCUT2D eigenvalue weighted by molar-refractivity contribution is -0.122. The molecule has 1 fully saturated rings. The number of hydrogen-bond donors (Lipinski definition) is 2. The van der Waals surface area contributed by atoms with E-state index >= 15 is 0 Å². The van der Waals surface area contributed by atoms with Crippen molar-refractivity contribution in [1.82, 2.24) is 14.9 Å². The number of carbonyl (C=O) groups excluding carboxylic acids is 2. The molecule has 2 aromatic carbocycles. The van der Waals surface area contributed by atoms with Crippen LogP contribution in [0, 0.1) is 19.8 Å². The number of hydrogen-bond acceptors (Lipinski definition) is 3. The Labute approximate surface area is 176 Å². The molecular formula is C24H28N4O2. The minimum absolute atomic E-state index is 0.0739. The van der Waals surface area contributed by atoms with Crippen molar-refractivity contribution < 1.29 is 9.59 Å². The molecule has 3 aromatic rings. The summed E-state index contributed by atoms with van der Waals surface area (Å²) in [4.78, 5) is 29.4. The van der Waals surface area contributed by atoms with E-state index in [1.807, 2.05) is 60.9 Å². The predicted molar refractivity (Wildman–Crippen MR) is 118 cm³/mol. The fourth-order valence-corrected chi connectivity index (χ4v) is 3.66. The highest BCUT2D eigenvalue weighted by Crippen LogP contribution is 2.28. The highest BCUT2D eigenvalue weighted by Gasteiger charge is 2.29. The van der Waals surface area contributed by atoms with Crippen LogP contribution in [0.3, 0.4) is 0 Å². The maximum absolute atomic E-state index is 12.8. The molecule has 6 nitrogen and oxygen atoms in total. The molecule has 0 spiro atoms. The van der Waals surface area contributed by atoms with Crippen molar-refractivity contribution in [3.63, 3.8) is 0 Å². The van der Waals surface area contributed by atoms with Gasteiger partial charge in [0.05, 0.1) is 11.0 Å². The highest BCUT2D eigenvalue weighted by atomic mass is 16.2. The first-order chi connectivity index (χ1) is 14.5. The zero-order valence-electron chi connectivity index (χ0n) is 17.6. The topological polar surface area (TPSA) is 76.0 Å². The molecule has 156 valence electrons. The van der Waals surface area contributed by atoms with Gasteiger partial charge in [0, 0.05) is 24.6 Å². The molecular weight excluding hydrogens is 376 g/mol. The molecule has 6 heteroatoms. The summed E-state index contributed by atoms with van der Waals surface area (Å²) in [7, 11) is 0. The van der Waals surface area contributed by atoms with E-state index in [1.165, 1.54) is 0 Å². The summed E-state index contributed by atoms with van der Waals surface area (Å²) >= 11 is 0. The van der Waals surface area contributed by atoms with Crippen molar-refractivity contribution in [2.75, 3.05) is 11.9 Å². The highest BCUT2D eigenvalue weighted by molar-refractivity contribution is 5.92. The van der Waals surface area contributed by atoms with Gasteiger partial charge in [0.25, 0.3) is 0 Å². The molecule has 0 atom stereocenters. The van der Waals surface area contributed by atoms with Crippen molar-refractivity contribution in [1.29, 1.82) is 0 Å². The Hall–Kier alpha value is -3.15. The van der Waals surface area contributed by atoms with Crippen LogP contribution in [0.5, 0.6) is 0 Å². The fraction of sp³-hybridized carbons (Fsp3) is 0.375. The average molecular weight is 405 g/mol. The van der Waals surface area contributed by atoms with E-state index < -0.39 is 0 Å². The van der Waals surface area contributed by atoms with E-state index in [4.69, 9.17) is 4.98 Å². The average Bonchev–Trinajstić information content (AvgIpc) is 3.53. The molecule has 1 aliphatic carbocycles. The molecule has 0 bridgehead atoms. The standard InChI is InChI=1S/C24H28N4O2/c1-16-7-5-9-19(17(16)2)27-23(29)15-28-21-10-4-3-8-20(21)26-22(28)11-6-14-25-24(30)18-12-13-18/h3-5,7-10,18H,6,11-15H2,1-2H3,(H,25,30)(H,27,29). The maximum atomic E-state index is 12.8. The number of para-hydroxylation sites is 2. The Morgan fingerprint density at radius 2 is 1.90 bits per heavy atom. The van der Waals surface area contributed by atoms with Crippen LogP contribution in [0.1, 0.15) is 36.2 Å². The number of fused-ring (bicyclic) bond motifs is 1. The van der Waals surface area contributed by atoms with Crippen LogP contribution in [0.2, 0.25) is 0 Å². The van der Waals surface area contributed by atoms with Crippen LogP contribution in [-0.4, -0.2) is 27.9 Å². The Kier molecular flexibility index (Phi) is 5.84. The molecule has 1 aliphatic rings. The molecule has 0 radical (unpaired) electrons. The SMILES string of the molecule is Cc1cccc(NC(=O)Cn2c(CCCNC(=O)C3CC3)nc3ccccc32)c1C. The summed E-state index contributed by atoms with van der Waals surface area (Å²) in [5.74, 6) is 1.18. The number of nitrogens with zero attached hydrogens (tertiary/aromatic N) is 2. The van der Waals surface area contributed by atoms with Crippen molar-refractivity contribution >= 4 is 28.5 Å². The molecule has 0 aliphatic heterocycles. The van der Waals surface area contributed by atoms with Crippen LogP contribution in [0.25, 0.3) is 11.0 Å². The Morgan fingerprint density at radius 1 is 1.10 bits per heavy atom. The second-order valence-corrected chi connectivity index (χ2v) is 8.07. The van der Waals surface area contributed by atoms with Gasteiger partial charge in [0.1, 0.15) is 12.4 Å². The molecule has 2 amide bonds. The molecule has 1 heterocycles. The van der Waals surface area contributed by atoms with Crippen molar-refractivity contribution in [2.45, 2.75) is 46.1 Å². The Balaban J connectivity index is 1.46. The van der Waals surface area contributed by atoms with Crippen LogP contribution in [0.4, 0.5) is 5.69 Å². The monoisotopic (exact) mass is 404 g/mol. The maximum Gasteiger partial charge on any atom is 0.244 e. The van der Waals surface area contributed by atoms with Gasteiger partial charge >= 0.3 is 0 Å². The first kappa shape index (κ1) is 20.1. The van der Waals surface area contributed by atoms with Gasteiger partial charge in [0.2, 0.25) is 11.8 Å². The summed E-state index contributed by atoms with van der Waals surface area (Å²) in [5, 5.41) is 6.04. The molecule has 4 rings (SSSR count). The second kappa shape index (κ2) is 8.69. The van der Waals surface area contributed by atoms with Gasteiger partial charge < -0.3 is 15.2 Å². The predicted octanol–water partition coefficient (Wildman–Crippen LogP) is 3.75. The third-order valence-electron chi connectivity index (χ3n) is 5.74. The van der Waals surface area contributed by atoms with Gasteiger partial charge in [-0.25, -0.2) is 4.98 Å². The quantitative estimate of drug-likeness (QED) is 0.562. The van der Waals surface area contributed by atoms with Crippen molar-refractivity contribution in [2.24, 2.45) is 5.92 Å². The molecule has 2 N–H and O–H groups in total. The number of aromatic nitrogens is 2. The lowest BCUT2D eigenvalue weighted by Crippen LogP contribution is -2.26. The van der Waals surface area contributed by atoms with Crippen molar-refractivity contribution in [3.05, 3.63) is 59.4 Å². The summed E-state index contributed by atoms with van der Waals surface area (Å²) in [5.41, 5.74) is 4.90. The number of anilines is 1. The Bertz CT molecular complexity index is 1080. The molecule has 1 saturated carbocycles. The van der Waals surface area contributed by atoms with Crippen LogP contribution in [-0.2, 0) is 22.6 Å². The second-order valence-electron chi connectivity index (χ2n) is 8.07. The normalized spacial score (nSPS) is 13.4. The smallest absolute Gasteiger partial charge is 0.244 e. The van der Waals surface area contributed by atoms with E-state index in [-0.39, 0.29) is 24.3 Å². The summed E-state index contributed by atoms with van der Waals surface area (Å²) in [6.07, 6.45) is 3.52. The van der Waals surface area contributed by atoms with E-state index in [9.17, 15) is 9.59 Å². The zero-order valence-corrected chi connectivity index (χ0v) is 17.6. The first-order valence-corrected chi connectivity index (χ1v) is 10.6. The van der Waals surface area contributed by atoms with Crippen LogP contribution in [0.15, 0.2) is 42.5 Å². The van der Waals surface area contributed by atoms with E-state index in [0.29, 0.717) is 13.0 Å². The van der Waals surface area contributed by atoms with Crippen LogP contribution >= 0.6 is 0 Å². The van der Waals surface area contributed by atoms with Crippen LogP contribution < -0.4 is 10.6 Å². The summed E-state index contributed by atoms with van der Waals surface area (Å²) in [6, 6.07) is 13.8. The minimum atomic E-state index is -0.0739. The van der Waals surface area contributed by atoms with Gasteiger partial charge in [-0.2, -0.15) is 0 Å². The largest absolute Gasteiger partial charge is 0.356 e. The number of aryl methyl sites for hydroxylation is 2. The third-order valence-corrected chi connectivity index (χ3v) is 5.74. The third kappa shape index (κ3) is 4.53. The van der Waals surface area contributed by atoms with Crippen molar-refractivity contribution in [3.8, 4) is 0 Å².